The van der Waals surface area contributed by atoms with Crippen LogP contribution in [0.2, 0.25) is 0 Å². The number of hydrogen-bond acceptors (Lipinski definition) is 4. The van der Waals surface area contributed by atoms with Gasteiger partial charge in [-0.15, -0.1) is 0 Å². The topological polar surface area (TPSA) is 80.4 Å². The second kappa shape index (κ2) is 8.46. The number of sulfonamides is 1. The smallest absolute Gasteiger partial charge is 0.254 e. The van der Waals surface area contributed by atoms with Gasteiger partial charge in [0.05, 0.1) is 29.2 Å². The summed E-state index contributed by atoms with van der Waals surface area (Å²) in [6.07, 6.45) is 3.97. The van der Waals surface area contributed by atoms with Crippen LogP contribution in [-0.4, -0.2) is 51.0 Å². The van der Waals surface area contributed by atoms with Crippen molar-refractivity contribution in [1.29, 1.82) is 0 Å². The number of amides is 1. The van der Waals surface area contributed by atoms with Crippen LogP contribution in [0.1, 0.15) is 56.2 Å². The third-order valence-electron chi connectivity index (χ3n) is 5.95. The highest BCUT2D eigenvalue weighted by Gasteiger charge is 2.34. The lowest BCUT2D eigenvalue weighted by molar-refractivity contribution is 0.0748. The van der Waals surface area contributed by atoms with Gasteiger partial charge in [0.1, 0.15) is 5.82 Å². The fourth-order valence-corrected chi connectivity index (χ4v) is 5.68. The third-order valence-corrected chi connectivity index (χ3v) is 8.01. The monoisotopic (exact) mass is 469 g/mol. The molecule has 0 atom stereocenters. The minimum Gasteiger partial charge on any atom is -0.328 e. The van der Waals surface area contributed by atoms with Crippen molar-refractivity contribution in [2.24, 2.45) is 0 Å². The Labute approximate surface area is 195 Å². The van der Waals surface area contributed by atoms with Crippen LogP contribution in [0.3, 0.4) is 0 Å². The van der Waals surface area contributed by atoms with Crippen molar-refractivity contribution in [3.63, 3.8) is 0 Å². The van der Waals surface area contributed by atoms with Crippen LogP contribution in [0.15, 0.2) is 53.7 Å². The van der Waals surface area contributed by atoms with Crippen LogP contribution in [0.4, 0.5) is 0 Å². The first-order valence-corrected chi connectivity index (χ1v) is 12.7. The summed E-state index contributed by atoms with van der Waals surface area (Å²) in [4.78, 5) is 15.2. The van der Waals surface area contributed by atoms with Crippen LogP contribution in [0, 0.1) is 0 Å². The first-order valence-electron chi connectivity index (χ1n) is 11.2. The van der Waals surface area contributed by atoms with E-state index in [0.717, 1.165) is 17.1 Å². The van der Waals surface area contributed by atoms with Crippen LogP contribution < -0.4 is 0 Å². The third kappa shape index (κ3) is 4.11. The number of carbonyl (C=O) groups excluding carboxylic acids is 1. The standard InChI is InChI=1S/C24H31N5O3S/c1-6-28(7-2)33(31,32)19-12-10-18(11-13-19)23(30)27-16-20-21(17-27)25-29(24(3,4)5)22(20)26-14-8-9-15-26/h8-15H,6-7,16-17H2,1-5H3. The molecule has 1 aliphatic rings. The van der Waals surface area contributed by atoms with Gasteiger partial charge in [0.25, 0.3) is 5.91 Å². The van der Waals surface area contributed by atoms with E-state index >= 15 is 0 Å². The van der Waals surface area contributed by atoms with Gasteiger partial charge >= 0.3 is 0 Å². The van der Waals surface area contributed by atoms with Crippen molar-refractivity contribution in [3.8, 4) is 5.82 Å². The van der Waals surface area contributed by atoms with Crippen LogP contribution >= 0.6 is 0 Å². The molecule has 0 bridgehead atoms. The minimum atomic E-state index is -3.55. The Morgan fingerprint density at radius 2 is 1.64 bits per heavy atom. The Balaban J connectivity index is 1.59. The Hall–Kier alpha value is -2.91. The first kappa shape index (κ1) is 23.3. The van der Waals surface area contributed by atoms with E-state index < -0.39 is 10.0 Å². The molecule has 3 aromatic rings. The van der Waals surface area contributed by atoms with Gasteiger partial charge in [-0.25, -0.2) is 13.1 Å². The summed E-state index contributed by atoms with van der Waals surface area (Å²) >= 11 is 0. The van der Waals surface area contributed by atoms with Gasteiger partial charge in [0.15, 0.2) is 0 Å². The van der Waals surface area contributed by atoms with Crippen molar-refractivity contribution in [1.82, 2.24) is 23.6 Å². The van der Waals surface area contributed by atoms with Crippen LogP contribution in [0.25, 0.3) is 5.82 Å². The van der Waals surface area contributed by atoms with Gasteiger partial charge in [-0.1, -0.05) is 13.8 Å². The largest absolute Gasteiger partial charge is 0.328 e. The quantitative estimate of drug-likeness (QED) is 0.552. The number of rotatable bonds is 6. The van der Waals surface area contributed by atoms with E-state index in [9.17, 15) is 13.2 Å². The summed E-state index contributed by atoms with van der Waals surface area (Å²) in [5, 5.41) is 4.85. The highest BCUT2D eigenvalue weighted by Crippen LogP contribution is 2.32. The molecule has 1 aromatic carbocycles. The summed E-state index contributed by atoms with van der Waals surface area (Å²) in [7, 11) is -3.55. The van der Waals surface area contributed by atoms with Crippen molar-refractivity contribution < 1.29 is 13.2 Å². The lowest BCUT2D eigenvalue weighted by Crippen LogP contribution is -2.31. The van der Waals surface area contributed by atoms with E-state index in [4.69, 9.17) is 5.10 Å². The van der Waals surface area contributed by atoms with Crippen LogP contribution in [-0.2, 0) is 28.7 Å². The summed E-state index contributed by atoms with van der Waals surface area (Å²) in [6.45, 7) is 11.6. The average Bonchev–Trinajstić information content (AvgIpc) is 3.49. The Kier molecular flexibility index (Phi) is 5.96. The Bertz CT molecular complexity index is 1250. The van der Waals surface area contributed by atoms with Crippen molar-refractivity contribution in [2.75, 3.05) is 13.1 Å². The lowest BCUT2D eigenvalue weighted by Gasteiger charge is -2.24. The number of benzene rings is 1. The van der Waals surface area contributed by atoms with Gasteiger partial charge < -0.3 is 9.47 Å². The van der Waals surface area contributed by atoms with E-state index in [0.29, 0.717) is 31.7 Å². The molecule has 8 nitrogen and oxygen atoms in total. The zero-order chi connectivity index (χ0) is 24.0. The molecule has 2 aromatic heterocycles. The first-order chi connectivity index (χ1) is 15.6. The van der Waals surface area contributed by atoms with Crippen LogP contribution in [0.5, 0.6) is 0 Å². The molecular weight excluding hydrogens is 438 g/mol. The second-order valence-corrected chi connectivity index (χ2v) is 11.1. The van der Waals surface area contributed by atoms with Crippen molar-refractivity contribution in [2.45, 2.75) is 58.1 Å². The summed E-state index contributed by atoms with van der Waals surface area (Å²) < 4.78 is 30.9. The highest BCUT2D eigenvalue weighted by atomic mass is 32.2. The molecule has 0 saturated heterocycles. The van der Waals surface area contributed by atoms with E-state index in [1.54, 1.807) is 17.0 Å². The molecule has 33 heavy (non-hydrogen) atoms. The lowest BCUT2D eigenvalue weighted by atomic mass is 10.1. The molecule has 0 unspecified atom stereocenters. The maximum absolute atomic E-state index is 13.2. The number of nitrogens with zero attached hydrogens (tertiary/aromatic N) is 5. The molecule has 0 spiro atoms. The fourth-order valence-electron chi connectivity index (χ4n) is 4.22. The molecular formula is C24H31N5O3S. The zero-order valence-corrected chi connectivity index (χ0v) is 20.6. The normalized spacial score (nSPS) is 14.2. The predicted molar refractivity (Wildman–Crippen MR) is 127 cm³/mol. The molecule has 176 valence electrons. The summed E-state index contributed by atoms with van der Waals surface area (Å²) in [5.41, 5.74) is 2.19. The van der Waals surface area contributed by atoms with Gasteiger partial charge in [-0.2, -0.15) is 9.40 Å². The molecule has 4 rings (SSSR count). The van der Waals surface area contributed by atoms with E-state index in [-0.39, 0.29) is 16.3 Å². The molecule has 0 N–H and O–H groups in total. The number of fused-ring (bicyclic) bond motifs is 1. The molecule has 0 saturated carbocycles. The van der Waals surface area contributed by atoms with E-state index in [1.165, 1.54) is 16.4 Å². The van der Waals surface area contributed by atoms with Gasteiger partial charge in [-0.05, 0) is 57.2 Å². The van der Waals surface area contributed by atoms with Gasteiger partial charge in [-0.3, -0.25) is 4.79 Å². The number of aromatic nitrogens is 3. The number of carbonyl (C=O) groups is 1. The zero-order valence-electron chi connectivity index (χ0n) is 19.8. The molecule has 1 aliphatic heterocycles. The van der Waals surface area contributed by atoms with Gasteiger partial charge in [0, 0.05) is 36.6 Å². The summed E-state index contributed by atoms with van der Waals surface area (Å²) in [6, 6.07) is 10.2. The maximum Gasteiger partial charge on any atom is 0.254 e. The maximum atomic E-state index is 13.2. The molecule has 3 heterocycles. The van der Waals surface area contributed by atoms with E-state index in [1.807, 2.05) is 47.6 Å². The molecule has 0 aliphatic carbocycles. The molecule has 0 fully saturated rings. The average molecular weight is 470 g/mol. The minimum absolute atomic E-state index is 0.138. The fraction of sp³-hybridized carbons (Fsp3) is 0.417. The molecule has 9 heteroatoms. The van der Waals surface area contributed by atoms with E-state index in [2.05, 4.69) is 20.8 Å². The summed E-state index contributed by atoms with van der Waals surface area (Å²) in [5.74, 6) is 0.832. The number of hydrogen-bond donors (Lipinski definition) is 0. The Morgan fingerprint density at radius 3 is 2.18 bits per heavy atom. The van der Waals surface area contributed by atoms with Crippen molar-refractivity contribution >= 4 is 15.9 Å². The Morgan fingerprint density at radius 1 is 1.03 bits per heavy atom. The SMILES string of the molecule is CCN(CC)S(=O)(=O)c1ccc(C(=O)N2Cc3nn(C(C)(C)C)c(-n4cccc4)c3C2)cc1. The second-order valence-electron chi connectivity index (χ2n) is 9.20. The predicted octanol–water partition coefficient (Wildman–Crippen LogP) is 3.62. The van der Waals surface area contributed by atoms with Crippen molar-refractivity contribution in [3.05, 3.63) is 65.6 Å². The molecule has 1 amide bonds. The molecule has 0 radical (unpaired) electrons. The highest BCUT2D eigenvalue weighted by molar-refractivity contribution is 7.89. The van der Waals surface area contributed by atoms with Gasteiger partial charge in [0.2, 0.25) is 10.0 Å².